The summed E-state index contributed by atoms with van der Waals surface area (Å²) in [5.74, 6) is -0.808. The standard InChI is InChI=1S/C14H14ClFN2O2S/c15-11-2-4-12(5-3-11)18-21(19,20)14-9-10(7-8-17)1-6-13(14)16/h1-6,9,18H,7-8,17H2. The van der Waals surface area contributed by atoms with Crippen LogP contribution in [-0.2, 0) is 16.4 Å². The molecule has 0 atom stereocenters. The largest absolute Gasteiger partial charge is 0.330 e. The third-order valence-electron chi connectivity index (χ3n) is 2.81. The number of hydrogen-bond acceptors (Lipinski definition) is 3. The summed E-state index contributed by atoms with van der Waals surface area (Å²) in [4.78, 5) is -0.400. The second-order valence-electron chi connectivity index (χ2n) is 4.42. The van der Waals surface area contributed by atoms with Gasteiger partial charge < -0.3 is 5.73 Å². The van der Waals surface area contributed by atoms with Gasteiger partial charge in [-0.25, -0.2) is 12.8 Å². The summed E-state index contributed by atoms with van der Waals surface area (Å²) in [5, 5.41) is 0.481. The minimum atomic E-state index is -4.01. The van der Waals surface area contributed by atoms with E-state index >= 15 is 0 Å². The van der Waals surface area contributed by atoms with Crippen LogP contribution in [0.15, 0.2) is 47.4 Å². The van der Waals surface area contributed by atoms with Crippen molar-refractivity contribution in [2.24, 2.45) is 5.73 Å². The van der Waals surface area contributed by atoms with Gasteiger partial charge in [-0.2, -0.15) is 0 Å². The fourth-order valence-corrected chi connectivity index (χ4v) is 3.12. The molecule has 0 aliphatic carbocycles. The highest BCUT2D eigenvalue weighted by molar-refractivity contribution is 7.92. The Hall–Kier alpha value is -1.63. The van der Waals surface area contributed by atoms with Crippen LogP contribution in [0.2, 0.25) is 5.02 Å². The molecule has 0 saturated heterocycles. The molecule has 21 heavy (non-hydrogen) atoms. The summed E-state index contributed by atoms with van der Waals surface area (Å²) in [6, 6.07) is 10.0. The van der Waals surface area contributed by atoms with Gasteiger partial charge in [0.1, 0.15) is 10.7 Å². The minimum Gasteiger partial charge on any atom is -0.330 e. The fourth-order valence-electron chi connectivity index (χ4n) is 1.80. The quantitative estimate of drug-likeness (QED) is 0.886. The Labute approximate surface area is 127 Å². The van der Waals surface area contributed by atoms with Gasteiger partial charge in [0, 0.05) is 10.7 Å². The van der Waals surface area contributed by atoms with Crippen LogP contribution in [0.1, 0.15) is 5.56 Å². The van der Waals surface area contributed by atoms with Gasteiger partial charge in [-0.1, -0.05) is 17.7 Å². The Kier molecular flexibility index (Phi) is 4.82. The third-order valence-corrected chi connectivity index (χ3v) is 4.46. The molecule has 0 spiro atoms. The Balaban J connectivity index is 2.34. The lowest BCUT2D eigenvalue weighted by Gasteiger charge is -2.10. The molecule has 0 heterocycles. The predicted octanol–water partition coefficient (Wildman–Crippen LogP) is 2.78. The highest BCUT2D eigenvalue weighted by Gasteiger charge is 2.19. The van der Waals surface area contributed by atoms with Gasteiger partial charge in [-0.3, -0.25) is 4.72 Å². The van der Waals surface area contributed by atoms with Crippen LogP contribution in [0.4, 0.5) is 10.1 Å². The molecule has 112 valence electrons. The van der Waals surface area contributed by atoms with Crippen molar-refractivity contribution in [3.8, 4) is 0 Å². The maximum absolute atomic E-state index is 13.8. The molecule has 2 aromatic carbocycles. The average Bonchev–Trinajstić information content (AvgIpc) is 2.43. The highest BCUT2D eigenvalue weighted by Crippen LogP contribution is 2.21. The molecule has 3 N–H and O–H groups in total. The van der Waals surface area contributed by atoms with Crippen LogP contribution in [0.3, 0.4) is 0 Å². The van der Waals surface area contributed by atoms with Gasteiger partial charge in [-0.15, -0.1) is 0 Å². The number of hydrogen-bond donors (Lipinski definition) is 2. The molecule has 2 aromatic rings. The summed E-state index contributed by atoms with van der Waals surface area (Å²) in [6.45, 7) is 0.357. The lowest BCUT2D eigenvalue weighted by molar-refractivity contribution is 0.569. The molecular formula is C14H14ClFN2O2S. The summed E-state index contributed by atoms with van der Waals surface area (Å²) in [7, 11) is -4.01. The van der Waals surface area contributed by atoms with Crippen molar-refractivity contribution in [2.45, 2.75) is 11.3 Å². The summed E-state index contributed by atoms with van der Waals surface area (Å²) >= 11 is 5.73. The van der Waals surface area contributed by atoms with E-state index in [0.29, 0.717) is 29.2 Å². The number of rotatable bonds is 5. The van der Waals surface area contributed by atoms with Crippen molar-refractivity contribution in [3.63, 3.8) is 0 Å². The number of anilines is 1. The summed E-state index contributed by atoms with van der Waals surface area (Å²) in [5.41, 5.74) is 6.39. The van der Waals surface area contributed by atoms with Gasteiger partial charge in [0.25, 0.3) is 10.0 Å². The van der Waals surface area contributed by atoms with Crippen molar-refractivity contribution in [3.05, 3.63) is 58.9 Å². The zero-order chi connectivity index (χ0) is 15.5. The van der Waals surface area contributed by atoms with E-state index in [4.69, 9.17) is 17.3 Å². The Morgan fingerprint density at radius 3 is 2.43 bits per heavy atom. The second-order valence-corrected chi connectivity index (χ2v) is 6.50. The van der Waals surface area contributed by atoms with E-state index in [1.165, 1.54) is 24.3 Å². The molecule has 4 nitrogen and oxygen atoms in total. The van der Waals surface area contributed by atoms with E-state index in [1.54, 1.807) is 12.1 Å². The van der Waals surface area contributed by atoms with E-state index in [0.717, 1.165) is 6.07 Å². The number of halogens is 2. The zero-order valence-electron chi connectivity index (χ0n) is 11.0. The second kappa shape index (κ2) is 6.43. The molecule has 2 rings (SSSR count). The number of sulfonamides is 1. The van der Waals surface area contributed by atoms with Crippen molar-refractivity contribution >= 4 is 27.3 Å². The molecule has 0 saturated carbocycles. The lowest BCUT2D eigenvalue weighted by Crippen LogP contribution is -2.15. The maximum atomic E-state index is 13.8. The molecule has 0 fully saturated rings. The van der Waals surface area contributed by atoms with E-state index in [2.05, 4.69) is 4.72 Å². The first-order valence-electron chi connectivity index (χ1n) is 6.19. The van der Waals surface area contributed by atoms with Crippen molar-refractivity contribution < 1.29 is 12.8 Å². The molecule has 0 bridgehead atoms. The van der Waals surface area contributed by atoms with Gasteiger partial charge in [0.15, 0.2) is 0 Å². The lowest BCUT2D eigenvalue weighted by atomic mass is 10.1. The molecule has 0 aliphatic rings. The third kappa shape index (κ3) is 3.93. The number of nitrogens with two attached hydrogens (primary N) is 1. The molecule has 0 amide bonds. The van der Waals surface area contributed by atoms with Gasteiger partial charge >= 0.3 is 0 Å². The smallest absolute Gasteiger partial charge is 0.264 e. The summed E-state index contributed by atoms with van der Waals surface area (Å²) in [6.07, 6.45) is 0.476. The predicted molar refractivity (Wildman–Crippen MR) is 81.4 cm³/mol. The fraction of sp³-hybridized carbons (Fsp3) is 0.143. The summed E-state index contributed by atoms with van der Waals surface area (Å²) < 4.78 is 40.6. The van der Waals surface area contributed by atoms with Crippen LogP contribution in [0, 0.1) is 5.82 Å². The van der Waals surface area contributed by atoms with Crippen molar-refractivity contribution in [1.29, 1.82) is 0 Å². The molecule has 0 aromatic heterocycles. The van der Waals surface area contributed by atoms with Crippen LogP contribution in [0.5, 0.6) is 0 Å². The molecular weight excluding hydrogens is 315 g/mol. The minimum absolute atomic E-state index is 0.308. The normalized spacial score (nSPS) is 11.4. The van der Waals surface area contributed by atoms with E-state index in [-0.39, 0.29) is 0 Å². The first-order chi connectivity index (χ1) is 9.92. The SMILES string of the molecule is NCCc1ccc(F)c(S(=O)(=O)Nc2ccc(Cl)cc2)c1. The van der Waals surface area contributed by atoms with E-state index in [1.807, 2.05) is 0 Å². The van der Waals surface area contributed by atoms with E-state index < -0.39 is 20.7 Å². The number of benzene rings is 2. The molecule has 0 radical (unpaired) electrons. The van der Waals surface area contributed by atoms with Crippen LogP contribution >= 0.6 is 11.6 Å². The molecule has 7 heteroatoms. The van der Waals surface area contributed by atoms with Gasteiger partial charge in [0.05, 0.1) is 0 Å². The van der Waals surface area contributed by atoms with Gasteiger partial charge in [0.2, 0.25) is 0 Å². The van der Waals surface area contributed by atoms with Gasteiger partial charge in [-0.05, 0) is 54.9 Å². The van der Waals surface area contributed by atoms with Crippen LogP contribution in [-0.4, -0.2) is 15.0 Å². The first-order valence-corrected chi connectivity index (χ1v) is 8.05. The van der Waals surface area contributed by atoms with Crippen molar-refractivity contribution in [2.75, 3.05) is 11.3 Å². The topological polar surface area (TPSA) is 72.2 Å². The monoisotopic (exact) mass is 328 g/mol. The molecule has 0 unspecified atom stereocenters. The Bertz CT molecular complexity index is 733. The average molecular weight is 329 g/mol. The zero-order valence-corrected chi connectivity index (χ0v) is 12.6. The Morgan fingerprint density at radius 2 is 1.81 bits per heavy atom. The van der Waals surface area contributed by atoms with Crippen molar-refractivity contribution in [1.82, 2.24) is 0 Å². The maximum Gasteiger partial charge on any atom is 0.264 e. The highest BCUT2D eigenvalue weighted by atomic mass is 35.5. The van der Waals surface area contributed by atoms with E-state index in [9.17, 15) is 12.8 Å². The molecule has 0 aliphatic heterocycles. The number of nitrogens with one attached hydrogen (secondary N) is 1. The Morgan fingerprint density at radius 1 is 1.14 bits per heavy atom. The van der Waals surface area contributed by atoms with Crippen LogP contribution in [0.25, 0.3) is 0 Å². The van der Waals surface area contributed by atoms with Crippen LogP contribution < -0.4 is 10.5 Å². The first kappa shape index (κ1) is 15.8.